The molecule has 0 saturated heterocycles. The summed E-state index contributed by atoms with van der Waals surface area (Å²) in [4.78, 5) is 17.3. The summed E-state index contributed by atoms with van der Waals surface area (Å²) in [5, 5.41) is 22.1. The van der Waals surface area contributed by atoms with Crippen molar-refractivity contribution in [1.29, 1.82) is 0 Å². The van der Waals surface area contributed by atoms with Crippen LogP contribution in [0.5, 0.6) is 0 Å². The minimum atomic E-state index is -1.03. The van der Waals surface area contributed by atoms with Gasteiger partial charge in [0.15, 0.2) is 6.04 Å². The van der Waals surface area contributed by atoms with Gasteiger partial charge in [0.2, 0.25) is 0 Å². The van der Waals surface area contributed by atoms with E-state index in [-0.39, 0.29) is 17.9 Å². The Morgan fingerprint density at radius 3 is 1.91 bits per heavy atom. The first-order valence-electron chi connectivity index (χ1n) is 14.8. The van der Waals surface area contributed by atoms with Crippen molar-refractivity contribution >= 4 is 11.7 Å². The Kier molecular flexibility index (Phi) is 12.7. The zero-order valence-corrected chi connectivity index (χ0v) is 23.5. The monoisotopic (exact) mass is 493 g/mol. The third kappa shape index (κ3) is 8.55. The summed E-state index contributed by atoms with van der Waals surface area (Å²) in [5.41, 5.74) is -0.270. The molecule has 204 valence electrons. The van der Waals surface area contributed by atoms with Crippen LogP contribution in [0.3, 0.4) is 0 Å². The summed E-state index contributed by atoms with van der Waals surface area (Å²) >= 11 is 0. The molecule has 3 saturated carbocycles. The van der Waals surface area contributed by atoms with Crippen LogP contribution in [0.2, 0.25) is 0 Å². The number of fused-ring (bicyclic) bond motifs is 2. The molecule has 0 aromatic rings. The van der Waals surface area contributed by atoms with E-state index in [1.54, 1.807) is 6.92 Å². The van der Waals surface area contributed by atoms with Crippen molar-refractivity contribution in [2.75, 3.05) is 6.61 Å². The molecule has 5 nitrogen and oxygen atoms in total. The van der Waals surface area contributed by atoms with E-state index in [4.69, 9.17) is 4.74 Å². The summed E-state index contributed by atoms with van der Waals surface area (Å²) in [6.45, 7) is 10.6. The Morgan fingerprint density at radius 2 is 1.46 bits per heavy atom. The quantitative estimate of drug-likeness (QED) is 0.159. The van der Waals surface area contributed by atoms with Crippen molar-refractivity contribution in [2.45, 2.75) is 155 Å². The van der Waals surface area contributed by atoms with Crippen molar-refractivity contribution in [1.82, 2.24) is 0 Å². The molecular formula is C30H55NO4. The molecule has 3 rings (SSSR count). The number of carbonyl (C=O) groups is 1. The van der Waals surface area contributed by atoms with Gasteiger partial charge in [-0.1, -0.05) is 104 Å². The zero-order chi connectivity index (χ0) is 25.9. The Hall–Kier alpha value is -0.940. The second-order valence-electron chi connectivity index (χ2n) is 12.0. The Bertz CT molecular complexity index is 657. The van der Waals surface area contributed by atoms with E-state index in [2.05, 4.69) is 25.8 Å². The summed E-state index contributed by atoms with van der Waals surface area (Å²) in [5.74, 6) is 0.151. The van der Waals surface area contributed by atoms with Crippen molar-refractivity contribution in [3.63, 3.8) is 0 Å². The van der Waals surface area contributed by atoms with Crippen LogP contribution in [0.25, 0.3) is 0 Å². The molecule has 0 spiro atoms. The van der Waals surface area contributed by atoms with Crippen LogP contribution < -0.4 is 0 Å². The first-order chi connectivity index (χ1) is 16.7. The molecule has 5 heteroatoms. The van der Waals surface area contributed by atoms with Gasteiger partial charge >= 0.3 is 5.97 Å². The largest absolute Gasteiger partial charge is 0.464 e. The molecule has 3 aliphatic carbocycles. The van der Waals surface area contributed by atoms with E-state index in [9.17, 15) is 15.0 Å². The second-order valence-corrected chi connectivity index (χ2v) is 12.0. The first-order valence-corrected chi connectivity index (χ1v) is 14.8. The topological polar surface area (TPSA) is 79.1 Å². The first kappa shape index (κ1) is 30.3. The van der Waals surface area contributed by atoms with Crippen LogP contribution in [-0.2, 0) is 9.53 Å². The SMILES string of the molecule is CCCCCCCCCCCCCCC[C@@H](O)[C@H](N=C1C[C@@H]2C[C@@H](C2(C)C)[C@]1(C)O)C(=O)OCC. The average molecular weight is 494 g/mol. The predicted octanol–water partition coefficient (Wildman–Crippen LogP) is 7.02. The average Bonchev–Trinajstić information content (AvgIpc) is 2.80. The zero-order valence-electron chi connectivity index (χ0n) is 23.5. The highest BCUT2D eigenvalue weighted by atomic mass is 16.5. The number of ether oxygens (including phenoxy) is 1. The van der Waals surface area contributed by atoms with E-state index in [0.717, 1.165) is 19.3 Å². The Balaban J connectivity index is 1.72. The van der Waals surface area contributed by atoms with Crippen LogP contribution in [0.4, 0.5) is 0 Å². The van der Waals surface area contributed by atoms with Gasteiger partial charge in [0.1, 0.15) is 5.60 Å². The highest BCUT2D eigenvalue weighted by Crippen LogP contribution is 2.61. The van der Waals surface area contributed by atoms with Crippen LogP contribution in [0.15, 0.2) is 4.99 Å². The Labute approximate surface area is 215 Å². The molecule has 2 bridgehead atoms. The van der Waals surface area contributed by atoms with Gasteiger partial charge in [-0.2, -0.15) is 0 Å². The third-order valence-corrected chi connectivity index (χ3v) is 8.96. The molecule has 2 N–H and O–H groups in total. The number of aliphatic hydroxyl groups is 2. The number of nitrogens with zero attached hydrogens (tertiary/aromatic N) is 1. The lowest BCUT2D eigenvalue weighted by molar-refractivity contribution is -0.148. The van der Waals surface area contributed by atoms with Crippen LogP contribution in [-0.4, -0.2) is 46.2 Å². The van der Waals surface area contributed by atoms with Crippen molar-refractivity contribution < 1.29 is 19.7 Å². The summed E-state index contributed by atoms with van der Waals surface area (Å²) in [6, 6.07) is -0.936. The molecule has 0 aromatic carbocycles. The molecule has 3 fully saturated rings. The standard InChI is InChI=1S/C30H55NO4/c1-6-8-9-10-11-12-13-14-15-16-17-18-19-20-24(32)27(28(33)35-7-2)31-26-22-23-21-25(29(23,3)4)30(26,5)34/h23-25,27,32,34H,6-22H2,1-5H3/t23-,24+,25-,27-,30-/m0/s1. The highest BCUT2D eigenvalue weighted by molar-refractivity contribution is 5.96. The maximum absolute atomic E-state index is 12.7. The fourth-order valence-corrected chi connectivity index (χ4v) is 6.36. The van der Waals surface area contributed by atoms with Gasteiger partial charge in [-0.25, -0.2) is 4.79 Å². The molecule has 0 unspecified atom stereocenters. The number of unbranched alkanes of at least 4 members (excludes halogenated alkanes) is 12. The summed E-state index contributed by atoms with van der Waals surface area (Å²) in [7, 11) is 0. The van der Waals surface area contributed by atoms with E-state index >= 15 is 0 Å². The van der Waals surface area contributed by atoms with Gasteiger partial charge in [0.05, 0.1) is 12.7 Å². The molecule has 0 aliphatic heterocycles. The lowest BCUT2D eigenvalue weighted by Gasteiger charge is -2.62. The normalized spacial score (nSPS) is 27.9. The van der Waals surface area contributed by atoms with Gasteiger partial charge in [-0.3, -0.25) is 4.99 Å². The van der Waals surface area contributed by atoms with Crippen LogP contribution in [0, 0.1) is 17.3 Å². The highest BCUT2D eigenvalue weighted by Gasteiger charge is 2.61. The van der Waals surface area contributed by atoms with E-state index in [0.29, 0.717) is 24.5 Å². The fourth-order valence-electron chi connectivity index (χ4n) is 6.36. The molecule has 0 radical (unpaired) electrons. The number of hydrogen-bond acceptors (Lipinski definition) is 5. The van der Waals surface area contributed by atoms with Crippen molar-refractivity contribution in [3.8, 4) is 0 Å². The Morgan fingerprint density at radius 1 is 0.943 bits per heavy atom. The molecule has 3 aliphatic rings. The van der Waals surface area contributed by atoms with Gasteiger partial charge in [0.25, 0.3) is 0 Å². The van der Waals surface area contributed by atoms with E-state index in [1.165, 1.54) is 70.6 Å². The third-order valence-electron chi connectivity index (χ3n) is 8.96. The van der Waals surface area contributed by atoms with Crippen molar-refractivity contribution in [3.05, 3.63) is 0 Å². The maximum atomic E-state index is 12.7. The van der Waals surface area contributed by atoms with Gasteiger partial charge in [-0.05, 0) is 50.4 Å². The minimum absolute atomic E-state index is 0.0925. The minimum Gasteiger partial charge on any atom is -0.464 e. The molecule has 0 amide bonds. The number of rotatable bonds is 18. The number of esters is 1. The molecule has 35 heavy (non-hydrogen) atoms. The number of hydrogen-bond donors (Lipinski definition) is 2. The lowest BCUT2D eigenvalue weighted by Crippen LogP contribution is -2.65. The van der Waals surface area contributed by atoms with Crippen LogP contribution >= 0.6 is 0 Å². The lowest BCUT2D eigenvalue weighted by atomic mass is 9.44. The van der Waals surface area contributed by atoms with Gasteiger partial charge < -0.3 is 14.9 Å². The van der Waals surface area contributed by atoms with Gasteiger partial charge in [0, 0.05) is 5.71 Å². The fraction of sp³-hybridized carbons (Fsp3) is 0.933. The molecule has 5 atom stereocenters. The molecule has 0 heterocycles. The van der Waals surface area contributed by atoms with Crippen molar-refractivity contribution in [2.24, 2.45) is 22.2 Å². The second kappa shape index (κ2) is 14.7. The van der Waals surface area contributed by atoms with E-state index < -0.39 is 23.7 Å². The van der Waals surface area contributed by atoms with Gasteiger partial charge in [-0.15, -0.1) is 0 Å². The predicted molar refractivity (Wildman–Crippen MR) is 145 cm³/mol. The molecular weight excluding hydrogens is 438 g/mol. The number of aliphatic hydroxyl groups excluding tert-OH is 1. The number of carbonyl (C=O) groups excluding carboxylic acids is 1. The van der Waals surface area contributed by atoms with Crippen LogP contribution in [0.1, 0.15) is 137 Å². The summed E-state index contributed by atoms with van der Waals surface area (Å²) in [6.07, 6.45) is 18.0. The maximum Gasteiger partial charge on any atom is 0.333 e. The smallest absolute Gasteiger partial charge is 0.333 e. The molecule has 0 aromatic heterocycles. The number of aliphatic imine (C=N–C) groups is 1. The summed E-state index contributed by atoms with van der Waals surface area (Å²) < 4.78 is 5.25. The van der Waals surface area contributed by atoms with E-state index in [1.807, 2.05) is 6.92 Å².